The van der Waals surface area contributed by atoms with E-state index in [9.17, 15) is 19.7 Å². The number of rotatable bonds is 4. The number of nitro benzene ring substituents is 1. The van der Waals surface area contributed by atoms with Gasteiger partial charge < -0.3 is 9.47 Å². The number of methoxy groups -OCH3 is 1. The van der Waals surface area contributed by atoms with Crippen molar-refractivity contribution in [3.05, 3.63) is 33.3 Å². The third-order valence-electron chi connectivity index (χ3n) is 2.24. The summed E-state index contributed by atoms with van der Waals surface area (Å²) in [5.74, 6) is -3.20. The molecular formula is C11H11ClNNaO6. The van der Waals surface area contributed by atoms with Gasteiger partial charge in [-0.3, -0.25) is 19.7 Å². The summed E-state index contributed by atoms with van der Waals surface area (Å²) in [6.07, 6.45) is 0. The molecule has 0 N–H and O–H groups in total. The number of benzene rings is 1. The van der Waals surface area contributed by atoms with Crippen molar-refractivity contribution < 1.29 is 24.0 Å². The van der Waals surface area contributed by atoms with Gasteiger partial charge in [0.1, 0.15) is 0 Å². The second-order valence-electron chi connectivity index (χ2n) is 3.54. The molecule has 20 heavy (non-hydrogen) atoms. The van der Waals surface area contributed by atoms with Crippen LogP contribution >= 0.6 is 11.6 Å². The number of nitro groups is 1. The fourth-order valence-electron chi connectivity index (χ4n) is 1.19. The van der Waals surface area contributed by atoms with E-state index in [1.165, 1.54) is 19.1 Å². The Bertz CT molecular complexity index is 536. The normalized spacial score (nSPS) is 10.9. The van der Waals surface area contributed by atoms with Crippen LogP contribution in [0.4, 0.5) is 5.69 Å². The van der Waals surface area contributed by atoms with Crippen LogP contribution in [-0.2, 0) is 14.3 Å². The Balaban J connectivity index is 0.00000361. The molecule has 0 aromatic heterocycles. The van der Waals surface area contributed by atoms with Gasteiger partial charge in [-0.2, -0.15) is 0 Å². The van der Waals surface area contributed by atoms with Crippen LogP contribution in [0.3, 0.4) is 0 Å². The van der Waals surface area contributed by atoms with Gasteiger partial charge in [-0.05, 0) is 19.1 Å². The van der Waals surface area contributed by atoms with Crippen molar-refractivity contribution in [2.24, 2.45) is 5.92 Å². The summed E-state index contributed by atoms with van der Waals surface area (Å²) in [5, 5.41) is 10.9. The Kier molecular flexibility index (Phi) is 7.74. The Labute approximate surface area is 141 Å². The molecule has 9 heteroatoms. The van der Waals surface area contributed by atoms with E-state index in [0.717, 1.165) is 13.2 Å². The first-order valence-electron chi connectivity index (χ1n) is 5.10. The van der Waals surface area contributed by atoms with Crippen LogP contribution in [0, 0.1) is 16.0 Å². The molecule has 0 saturated heterocycles. The van der Waals surface area contributed by atoms with Crippen LogP contribution in [0.1, 0.15) is 6.92 Å². The van der Waals surface area contributed by atoms with Crippen molar-refractivity contribution in [1.29, 1.82) is 0 Å². The Morgan fingerprint density at radius 1 is 1.35 bits per heavy atom. The predicted octanol–water partition coefficient (Wildman–Crippen LogP) is 1.31. The van der Waals surface area contributed by atoms with Crippen molar-refractivity contribution in [3.63, 3.8) is 0 Å². The molecule has 1 aromatic carbocycles. The van der Waals surface area contributed by atoms with Crippen molar-refractivity contribution >= 4 is 58.8 Å². The molecule has 0 bridgehead atoms. The summed E-state index contributed by atoms with van der Waals surface area (Å²) in [5.41, 5.74) is -0.460. The summed E-state index contributed by atoms with van der Waals surface area (Å²) in [6.45, 7) is 1.27. The standard InChI is InChI=1S/C11H10ClNO6.Na.H/c1-6(10(14)18-2)11(15)19-9-4-3-7(12)5-8(9)13(16)17;;/h3-6H,1-2H3;;. The average Bonchev–Trinajstić information content (AvgIpc) is 2.38. The van der Waals surface area contributed by atoms with Gasteiger partial charge in [0, 0.05) is 11.1 Å². The first kappa shape index (κ1) is 18.9. The zero-order valence-corrected chi connectivity index (χ0v) is 10.8. The first-order valence-corrected chi connectivity index (χ1v) is 5.48. The summed E-state index contributed by atoms with van der Waals surface area (Å²) in [6, 6.07) is 3.56. The van der Waals surface area contributed by atoms with Crippen molar-refractivity contribution in [2.75, 3.05) is 7.11 Å². The molecule has 1 rings (SSSR count). The molecule has 0 heterocycles. The third kappa shape index (κ3) is 4.75. The Morgan fingerprint density at radius 3 is 2.45 bits per heavy atom. The summed E-state index contributed by atoms with van der Waals surface area (Å²) in [4.78, 5) is 32.8. The van der Waals surface area contributed by atoms with E-state index in [4.69, 9.17) is 16.3 Å². The molecule has 1 unspecified atom stereocenters. The monoisotopic (exact) mass is 311 g/mol. The van der Waals surface area contributed by atoms with E-state index in [2.05, 4.69) is 4.74 Å². The number of carbonyl (C=O) groups excluding carboxylic acids is 2. The van der Waals surface area contributed by atoms with Crippen molar-refractivity contribution in [2.45, 2.75) is 6.92 Å². The van der Waals surface area contributed by atoms with Crippen molar-refractivity contribution in [1.82, 2.24) is 0 Å². The van der Waals surface area contributed by atoms with E-state index >= 15 is 0 Å². The van der Waals surface area contributed by atoms with Gasteiger partial charge in [0.15, 0.2) is 5.92 Å². The predicted molar refractivity (Wildman–Crippen MR) is 72.1 cm³/mol. The van der Waals surface area contributed by atoms with Gasteiger partial charge in [-0.25, -0.2) is 0 Å². The maximum absolute atomic E-state index is 11.6. The zero-order chi connectivity index (χ0) is 14.6. The fourth-order valence-corrected chi connectivity index (χ4v) is 1.36. The molecule has 1 aromatic rings. The van der Waals surface area contributed by atoms with Gasteiger partial charge in [0.05, 0.1) is 12.0 Å². The minimum atomic E-state index is -1.18. The molecule has 0 fully saturated rings. The quantitative estimate of drug-likeness (QED) is 0.208. The van der Waals surface area contributed by atoms with Gasteiger partial charge in [0.2, 0.25) is 5.75 Å². The van der Waals surface area contributed by atoms with Gasteiger partial charge in [-0.15, -0.1) is 0 Å². The Morgan fingerprint density at radius 2 is 1.95 bits per heavy atom. The molecule has 104 valence electrons. The summed E-state index contributed by atoms with van der Waals surface area (Å²) >= 11 is 5.61. The molecule has 0 spiro atoms. The van der Waals surface area contributed by atoms with Crippen LogP contribution in [0.15, 0.2) is 18.2 Å². The molecule has 0 aliphatic heterocycles. The van der Waals surface area contributed by atoms with E-state index < -0.39 is 28.5 Å². The maximum atomic E-state index is 11.6. The van der Waals surface area contributed by atoms with Gasteiger partial charge in [-0.1, -0.05) is 11.6 Å². The van der Waals surface area contributed by atoms with Crippen LogP contribution in [0.2, 0.25) is 5.02 Å². The number of carbonyl (C=O) groups is 2. The van der Waals surface area contributed by atoms with Crippen LogP contribution in [0.5, 0.6) is 5.75 Å². The second kappa shape index (κ2) is 8.21. The number of halogens is 1. The number of nitrogens with zero attached hydrogens (tertiary/aromatic N) is 1. The summed E-state index contributed by atoms with van der Waals surface area (Å²) < 4.78 is 9.18. The van der Waals surface area contributed by atoms with E-state index in [-0.39, 0.29) is 40.3 Å². The second-order valence-corrected chi connectivity index (χ2v) is 3.97. The number of hydrogen-bond donors (Lipinski definition) is 0. The fraction of sp³-hybridized carbons (Fsp3) is 0.273. The number of ether oxygens (including phenoxy) is 2. The van der Waals surface area contributed by atoms with Crippen LogP contribution in [-0.4, -0.2) is 53.5 Å². The SMILES string of the molecule is COC(=O)C(C)C(=O)Oc1ccc(Cl)cc1[N+](=O)[O-].[NaH]. The molecule has 0 radical (unpaired) electrons. The molecule has 0 amide bonds. The van der Waals surface area contributed by atoms with Gasteiger partial charge in [0.25, 0.3) is 0 Å². The third-order valence-corrected chi connectivity index (χ3v) is 2.47. The summed E-state index contributed by atoms with van der Waals surface area (Å²) in [7, 11) is 1.12. The molecule has 7 nitrogen and oxygen atoms in total. The topological polar surface area (TPSA) is 95.7 Å². The Hall–Kier alpha value is -1.15. The molecule has 0 saturated carbocycles. The zero-order valence-electron chi connectivity index (χ0n) is 10.1. The first-order chi connectivity index (χ1) is 8.86. The van der Waals surface area contributed by atoms with Crippen LogP contribution < -0.4 is 4.74 Å². The van der Waals surface area contributed by atoms with Gasteiger partial charge >= 0.3 is 47.2 Å². The number of esters is 2. The number of hydrogen-bond acceptors (Lipinski definition) is 6. The van der Waals surface area contributed by atoms with Crippen LogP contribution in [0.25, 0.3) is 0 Å². The minimum absolute atomic E-state index is 0. The average molecular weight is 312 g/mol. The molecular weight excluding hydrogens is 301 g/mol. The van der Waals surface area contributed by atoms with E-state index in [1.54, 1.807) is 0 Å². The molecule has 1 atom stereocenters. The van der Waals surface area contributed by atoms with E-state index in [0.29, 0.717) is 0 Å². The van der Waals surface area contributed by atoms with E-state index in [1.807, 2.05) is 0 Å². The molecule has 0 aliphatic carbocycles. The molecule has 0 aliphatic rings. The van der Waals surface area contributed by atoms with Crippen molar-refractivity contribution in [3.8, 4) is 5.75 Å².